The van der Waals surface area contributed by atoms with Crippen molar-refractivity contribution in [2.45, 2.75) is 38.7 Å². The van der Waals surface area contributed by atoms with Gasteiger partial charge in [0.25, 0.3) is 10.2 Å². The van der Waals surface area contributed by atoms with Crippen molar-refractivity contribution in [3.05, 3.63) is 82.2 Å². The van der Waals surface area contributed by atoms with E-state index in [4.69, 9.17) is 0 Å². The van der Waals surface area contributed by atoms with Crippen LogP contribution in [0.5, 0.6) is 0 Å². The molecule has 0 unspecified atom stereocenters. The number of hydrogen-bond donors (Lipinski definition) is 0. The van der Waals surface area contributed by atoms with Gasteiger partial charge in [-0.2, -0.15) is 0 Å². The smallest absolute Gasteiger partial charge is 0.136 e. The molecule has 0 spiro atoms. The zero-order chi connectivity index (χ0) is 18.7. The van der Waals surface area contributed by atoms with E-state index in [1.165, 1.54) is 32.0 Å². The fraction of sp³-hybridized carbons (Fsp3) is 0.250. The highest BCUT2D eigenvalue weighted by molar-refractivity contribution is 7.16. The Labute approximate surface area is 165 Å². The zero-order valence-corrected chi connectivity index (χ0v) is 18.4. The fourth-order valence-electron chi connectivity index (χ4n) is 2.85. The molecule has 2 heteroatoms. The van der Waals surface area contributed by atoms with Crippen molar-refractivity contribution in [1.29, 1.82) is 0 Å². The van der Waals surface area contributed by atoms with Crippen molar-refractivity contribution in [3.63, 3.8) is 0 Å². The molecule has 2 aromatic carbocycles. The van der Waals surface area contributed by atoms with Crippen LogP contribution < -0.4 is 0 Å². The molecule has 0 aliphatic rings. The molecule has 3 aromatic rings. The molecule has 0 fully saturated rings. The van der Waals surface area contributed by atoms with Gasteiger partial charge in [0.2, 0.25) is 0 Å². The van der Waals surface area contributed by atoms with Gasteiger partial charge in [-0.05, 0) is 60.2 Å². The maximum Gasteiger partial charge on any atom is 0.294 e. The third kappa shape index (κ3) is 4.63. The topological polar surface area (TPSA) is 0 Å². The lowest BCUT2D eigenvalue weighted by molar-refractivity contribution is 0.764. The Balaban J connectivity index is 1.72. The van der Waals surface area contributed by atoms with Gasteiger partial charge < -0.3 is 0 Å². The summed E-state index contributed by atoms with van der Waals surface area (Å²) in [5.74, 6) is 0.580. The van der Waals surface area contributed by atoms with Crippen molar-refractivity contribution in [2.75, 3.05) is 0 Å². The number of thiophene rings is 1. The van der Waals surface area contributed by atoms with Gasteiger partial charge in [-0.25, -0.2) is 0 Å². The highest BCUT2D eigenvalue weighted by Crippen LogP contribution is 2.30. The van der Waals surface area contributed by atoms with Crippen molar-refractivity contribution < 1.29 is 0 Å². The molecule has 0 amide bonds. The minimum atomic E-state index is 0.232. The van der Waals surface area contributed by atoms with Crippen LogP contribution in [0.2, 0.25) is 0 Å². The van der Waals surface area contributed by atoms with Crippen LogP contribution in [0, 0.1) is 0 Å². The molecule has 1 heterocycles. The summed E-state index contributed by atoms with van der Waals surface area (Å²) in [7, 11) is 2.03. The number of rotatable bonds is 5. The van der Waals surface area contributed by atoms with Crippen molar-refractivity contribution >= 4 is 33.7 Å². The van der Waals surface area contributed by atoms with E-state index in [1.807, 2.05) is 21.6 Å². The Kier molecular flexibility index (Phi) is 5.64. The molecule has 0 radical (unpaired) electrons. The molecule has 0 bridgehead atoms. The van der Waals surface area contributed by atoms with E-state index in [2.05, 4.69) is 101 Å². The Bertz CT molecular complexity index is 875. The Hall–Kier alpha value is -1.90. The van der Waals surface area contributed by atoms with Crippen molar-refractivity contribution in [1.82, 2.24) is 0 Å². The van der Waals surface area contributed by atoms with Gasteiger partial charge in [0.15, 0.2) is 0 Å². The first-order valence-electron chi connectivity index (χ1n) is 9.17. The summed E-state index contributed by atoms with van der Waals surface area (Å²) in [4.78, 5) is 2.61. The predicted molar refractivity (Wildman–Crippen MR) is 121 cm³/mol. The summed E-state index contributed by atoms with van der Waals surface area (Å²) in [6, 6.07) is 22.3. The van der Waals surface area contributed by atoms with Crippen LogP contribution in [-0.2, 0) is 5.04 Å². The van der Waals surface area contributed by atoms with E-state index in [9.17, 15) is 0 Å². The summed E-state index contributed by atoms with van der Waals surface area (Å²) >= 11 is 1.84. The lowest BCUT2D eigenvalue weighted by Crippen LogP contribution is -2.16. The van der Waals surface area contributed by atoms with Gasteiger partial charge in [-0.3, -0.25) is 0 Å². The van der Waals surface area contributed by atoms with Crippen LogP contribution in [0.25, 0.3) is 22.6 Å². The second-order valence-electron chi connectivity index (χ2n) is 7.82. The maximum absolute atomic E-state index is 2.26. The standard InChI is InChI=1S/C24H27SSi/c1-17(2)19-8-10-20(11-9-19)23-16-15-22(25-23)14-7-18-5-12-21(13-6-18)24(3,4)26/h5-17H,26H2,1-4H3/q+1/b14-7-. The van der Waals surface area contributed by atoms with Gasteiger partial charge in [0.05, 0.1) is 0 Å². The Morgan fingerprint density at radius 2 is 1.50 bits per heavy atom. The highest BCUT2D eigenvalue weighted by atomic mass is 32.1. The normalized spacial score (nSPS) is 12.2. The molecular formula is C24H27SSi+. The third-order valence-corrected chi connectivity index (χ3v) is 6.13. The lowest BCUT2D eigenvalue weighted by atomic mass is 10.0. The molecule has 0 aliphatic heterocycles. The molecule has 3 rings (SSSR count). The summed E-state index contributed by atoms with van der Waals surface area (Å²) in [6.07, 6.45) is 4.41. The second kappa shape index (κ2) is 7.77. The summed E-state index contributed by atoms with van der Waals surface area (Å²) < 4.78 is 0. The van der Waals surface area contributed by atoms with Gasteiger partial charge in [0.1, 0.15) is 5.04 Å². The quantitative estimate of drug-likeness (QED) is 0.442. The van der Waals surface area contributed by atoms with Gasteiger partial charge >= 0.3 is 0 Å². The second-order valence-corrected chi connectivity index (χ2v) is 10.7. The van der Waals surface area contributed by atoms with E-state index in [1.54, 1.807) is 0 Å². The van der Waals surface area contributed by atoms with Crippen molar-refractivity contribution in [3.8, 4) is 10.4 Å². The van der Waals surface area contributed by atoms with Crippen LogP contribution in [0.3, 0.4) is 0 Å². The largest absolute Gasteiger partial charge is 0.294 e. The van der Waals surface area contributed by atoms with Crippen LogP contribution in [0.1, 0.15) is 55.2 Å². The first-order chi connectivity index (χ1) is 12.3. The molecule has 26 heavy (non-hydrogen) atoms. The van der Waals surface area contributed by atoms with E-state index in [0.717, 1.165) is 0 Å². The predicted octanol–water partition coefficient (Wildman–Crippen LogP) is 6.58. The average Bonchev–Trinajstić information content (AvgIpc) is 3.08. The van der Waals surface area contributed by atoms with E-state index < -0.39 is 0 Å². The van der Waals surface area contributed by atoms with Crippen LogP contribution in [0.15, 0.2) is 60.7 Å². The van der Waals surface area contributed by atoms with E-state index in [-0.39, 0.29) is 5.04 Å². The minimum absolute atomic E-state index is 0.232. The summed E-state index contributed by atoms with van der Waals surface area (Å²) in [5, 5.41) is 0.232. The molecule has 0 aliphatic carbocycles. The average molecular weight is 376 g/mol. The Morgan fingerprint density at radius 3 is 2.08 bits per heavy atom. The lowest BCUT2D eigenvalue weighted by Gasteiger charge is -2.11. The molecule has 0 N–H and O–H groups in total. The van der Waals surface area contributed by atoms with E-state index in [0.29, 0.717) is 5.92 Å². The van der Waals surface area contributed by atoms with Crippen LogP contribution >= 0.6 is 11.3 Å². The van der Waals surface area contributed by atoms with Crippen LogP contribution in [0.4, 0.5) is 0 Å². The van der Waals surface area contributed by atoms with Crippen molar-refractivity contribution in [2.24, 2.45) is 0 Å². The first-order valence-corrected chi connectivity index (χ1v) is 10.7. The zero-order valence-electron chi connectivity index (χ0n) is 16.1. The SMILES string of the molecule is CC(C)c1ccc(-c2ccc(/C=C\c3ccc(C(C)(C)[SiH2+])cc3)s2)cc1. The molecular weight excluding hydrogens is 348 g/mol. The molecule has 0 saturated carbocycles. The minimum Gasteiger partial charge on any atom is -0.136 e. The molecule has 1 aromatic heterocycles. The highest BCUT2D eigenvalue weighted by Gasteiger charge is 2.21. The number of benzene rings is 2. The third-order valence-electron chi connectivity index (χ3n) is 4.62. The molecule has 0 saturated heterocycles. The summed E-state index contributed by atoms with van der Waals surface area (Å²) in [5.41, 5.74) is 5.33. The van der Waals surface area contributed by atoms with E-state index >= 15 is 0 Å². The van der Waals surface area contributed by atoms with Gasteiger partial charge in [-0.15, -0.1) is 11.3 Å². The maximum atomic E-state index is 2.26. The Morgan fingerprint density at radius 1 is 0.846 bits per heavy atom. The molecule has 0 atom stereocenters. The number of hydrogen-bond acceptors (Lipinski definition) is 1. The molecule has 0 nitrogen and oxygen atoms in total. The fourth-order valence-corrected chi connectivity index (χ4v) is 4.01. The van der Waals surface area contributed by atoms with Gasteiger partial charge in [0, 0.05) is 9.75 Å². The molecule has 132 valence electrons. The summed E-state index contributed by atoms with van der Waals surface area (Å²) in [6.45, 7) is 8.99. The van der Waals surface area contributed by atoms with Gasteiger partial charge in [-0.1, -0.05) is 68.5 Å². The van der Waals surface area contributed by atoms with Crippen LogP contribution in [-0.4, -0.2) is 10.2 Å². The first kappa shape index (κ1) is 18.9. The monoisotopic (exact) mass is 375 g/mol.